The number of carbonyl (C=O) groups excluding carboxylic acids is 2. The third-order valence-corrected chi connectivity index (χ3v) is 5.31. The first kappa shape index (κ1) is 17.0. The molecule has 0 bridgehead atoms. The largest absolute Gasteiger partial charge is 0.345 e. The Bertz CT molecular complexity index is 627. The van der Waals surface area contributed by atoms with Crippen molar-refractivity contribution < 1.29 is 9.59 Å². The second kappa shape index (κ2) is 6.93. The molecule has 3 rings (SSSR count). The van der Waals surface area contributed by atoms with Crippen LogP contribution < -0.4 is 10.6 Å². The van der Waals surface area contributed by atoms with Crippen molar-refractivity contribution in [3.63, 3.8) is 0 Å². The number of carbonyl (C=O) groups is 2. The second-order valence-electron chi connectivity index (χ2n) is 7.32. The van der Waals surface area contributed by atoms with Crippen LogP contribution in [0.4, 0.5) is 5.69 Å². The van der Waals surface area contributed by atoms with Gasteiger partial charge >= 0.3 is 0 Å². The molecule has 0 unspecified atom stereocenters. The highest BCUT2D eigenvalue weighted by molar-refractivity contribution is 5.98. The number of amides is 2. The Kier molecular flexibility index (Phi) is 4.90. The summed E-state index contributed by atoms with van der Waals surface area (Å²) in [5.41, 5.74) is 2.30. The van der Waals surface area contributed by atoms with Crippen LogP contribution in [0.1, 0.15) is 48.0 Å². The molecule has 1 aromatic carbocycles. The van der Waals surface area contributed by atoms with E-state index in [9.17, 15) is 9.59 Å². The summed E-state index contributed by atoms with van der Waals surface area (Å²) in [6, 6.07) is 5.88. The molecule has 5 nitrogen and oxygen atoms in total. The summed E-state index contributed by atoms with van der Waals surface area (Å²) in [5.74, 6) is 0.665. The molecule has 2 N–H and O–H groups in total. The molecule has 1 aromatic rings. The van der Waals surface area contributed by atoms with E-state index in [1.807, 2.05) is 19.1 Å². The minimum Gasteiger partial charge on any atom is -0.345 e. The Hall–Kier alpha value is -1.88. The molecular weight excluding hydrogens is 302 g/mol. The van der Waals surface area contributed by atoms with Crippen LogP contribution in [0.25, 0.3) is 0 Å². The van der Waals surface area contributed by atoms with Crippen LogP contribution in [0.3, 0.4) is 0 Å². The number of hydrogen-bond acceptors (Lipinski definition) is 3. The predicted molar refractivity (Wildman–Crippen MR) is 95.1 cm³/mol. The minimum absolute atomic E-state index is 0.0214. The minimum atomic E-state index is -0.0958. The smallest absolute Gasteiger partial charge is 0.253 e. The fourth-order valence-corrected chi connectivity index (χ4v) is 3.97. The molecule has 130 valence electrons. The van der Waals surface area contributed by atoms with E-state index < -0.39 is 0 Å². The molecule has 1 aliphatic carbocycles. The lowest BCUT2D eigenvalue weighted by Gasteiger charge is -2.24. The average Bonchev–Trinajstić information content (AvgIpc) is 2.98. The highest BCUT2D eigenvalue weighted by Crippen LogP contribution is 2.33. The van der Waals surface area contributed by atoms with E-state index in [0.717, 1.165) is 17.7 Å². The Morgan fingerprint density at radius 2 is 1.96 bits per heavy atom. The van der Waals surface area contributed by atoms with Gasteiger partial charge in [-0.05, 0) is 55.9 Å². The van der Waals surface area contributed by atoms with Gasteiger partial charge in [0.1, 0.15) is 0 Å². The number of anilines is 1. The van der Waals surface area contributed by atoms with Gasteiger partial charge in [-0.25, -0.2) is 0 Å². The van der Waals surface area contributed by atoms with Crippen LogP contribution in [-0.2, 0) is 4.79 Å². The van der Waals surface area contributed by atoms with Gasteiger partial charge in [-0.3, -0.25) is 9.59 Å². The van der Waals surface area contributed by atoms with Crippen molar-refractivity contribution in [2.75, 3.05) is 19.4 Å². The standard InChI is InChI=1S/C19H27N3O2/c1-12-10-14(8-9-15(12)19(24)22(2)3)20-18(23)17-11-13-6-4-5-7-16(13)21-17/h8-10,13,16-17,21H,4-7,11H2,1-3H3,(H,20,23)/t13-,16-,17-/m0/s1. The molecule has 1 heterocycles. The van der Waals surface area contributed by atoms with E-state index in [-0.39, 0.29) is 17.9 Å². The number of benzene rings is 1. The summed E-state index contributed by atoms with van der Waals surface area (Å²) >= 11 is 0. The lowest BCUT2D eigenvalue weighted by atomic mass is 9.85. The number of rotatable bonds is 3. The van der Waals surface area contributed by atoms with Crippen molar-refractivity contribution >= 4 is 17.5 Å². The van der Waals surface area contributed by atoms with E-state index in [0.29, 0.717) is 17.5 Å². The van der Waals surface area contributed by atoms with Gasteiger partial charge in [0.2, 0.25) is 5.91 Å². The van der Waals surface area contributed by atoms with Crippen molar-refractivity contribution in [2.45, 2.75) is 51.1 Å². The van der Waals surface area contributed by atoms with Gasteiger partial charge in [-0.15, -0.1) is 0 Å². The summed E-state index contributed by atoms with van der Waals surface area (Å²) in [7, 11) is 3.48. The van der Waals surface area contributed by atoms with Crippen molar-refractivity contribution in [2.24, 2.45) is 5.92 Å². The van der Waals surface area contributed by atoms with Crippen LogP contribution in [0.2, 0.25) is 0 Å². The number of nitrogens with one attached hydrogen (secondary N) is 2. The van der Waals surface area contributed by atoms with E-state index in [1.165, 1.54) is 25.7 Å². The first-order valence-corrected chi connectivity index (χ1v) is 8.85. The number of nitrogens with zero attached hydrogens (tertiary/aromatic N) is 1. The molecule has 0 aromatic heterocycles. The highest BCUT2D eigenvalue weighted by atomic mass is 16.2. The zero-order chi connectivity index (χ0) is 17.3. The van der Waals surface area contributed by atoms with Gasteiger partial charge in [-0.2, -0.15) is 0 Å². The Morgan fingerprint density at radius 1 is 1.21 bits per heavy atom. The molecule has 2 aliphatic rings. The van der Waals surface area contributed by atoms with Crippen LogP contribution in [0, 0.1) is 12.8 Å². The third kappa shape index (κ3) is 3.46. The van der Waals surface area contributed by atoms with Gasteiger partial charge in [0.25, 0.3) is 5.91 Å². The lowest BCUT2D eigenvalue weighted by Crippen LogP contribution is -2.39. The molecule has 3 atom stereocenters. The Balaban J connectivity index is 1.64. The SMILES string of the molecule is Cc1cc(NC(=O)[C@@H]2C[C@@H]3CCCC[C@@H]3N2)ccc1C(=O)N(C)C. The zero-order valence-electron chi connectivity index (χ0n) is 14.8. The molecule has 0 radical (unpaired) electrons. The fraction of sp³-hybridized carbons (Fsp3) is 0.579. The average molecular weight is 329 g/mol. The maximum atomic E-state index is 12.5. The molecule has 5 heteroatoms. The van der Waals surface area contributed by atoms with E-state index >= 15 is 0 Å². The predicted octanol–water partition coefficient (Wildman–Crippen LogP) is 2.56. The van der Waals surface area contributed by atoms with Gasteiger partial charge in [0.05, 0.1) is 6.04 Å². The summed E-state index contributed by atoms with van der Waals surface area (Å²) in [6.07, 6.45) is 5.92. The molecular formula is C19H27N3O2. The summed E-state index contributed by atoms with van der Waals surface area (Å²) in [4.78, 5) is 26.2. The quantitative estimate of drug-likeness (QED) is 0.896. The van der Waals surface area contributed by atoms with Crippen molar-refractivity contribution in [3.05, 3.63) is 29.3 Å². The zero-order valence-corrected chi connectivity index (χ0v) is 14.8. The van der Waals surface area contributed by atoms with Crippen molar-refractivity contribution in [1.29, 1.82) is 0 Å². The second-order valence-corrected chi connectivity index (χ2v) is 7.32. The van der Waals surface area contributed by atoms with Crippen LogP contribution in [0.15, 0.2) is 18.2 Å². The number of fused-ring (bicyclic) bond motifs is 1. The van der Waals surface area contributed by atoms with Crippen LogP contribution in [0.5, 0.6) is 0 Å². The van der Waals surface area contributed by atoms with E-state index in [2.05, 4.69) is 10.6 Å². The normalized spacial score (nSPS) is 25.9. The topological polar surface area (TPSA) is 61.4 Å². The van der Waals surface area contributed by atoms with Gasteiger partial charge < -0.3 is 15.5 Å². The molecule has 2 fully saturated rings. The monoisotopic (exact) mass is 329 g/mol. The van der Waals surface area contributed by atoms with Gasteiger partial charge in [-0.1, -0.05) is 12.8 Å². The van der Waals surface area contributed by atoms with Gasteiger partial charge in [0, 0.05) is 31.4 Å². The number of aryl methyl sites for hydroxylation is 1. The van der Waals surface area contributed by atoms with E-state index in [1.54, 1.807) is 25.1 Å². The van der Waals surface area contributed by atoms with Crippen LogP contribution in [-0.4, -0.2) is 42.9 Å². The maximum Gasteiger partial charge on any atom is 0.253 e. The first-order valence-electron chi connectivity index (χ1n) is 8.85. The first-order chi connectivity index (χ1) is 11.5. The highest BCUT2D eigenvalue weighted by Gasteiger charge is 2.38. The van der Waals surface area contributed by atoms with Crippen molar-refractivity contribution in [3.8, 4) is 0 Å². The van der Waals surface area contributed by atoms with Gasteiger partial charge in [0.15, 0.2) is 0 Å². The fourth-order valence-electron chi connectivity index (χ4n) is 3.97. The maximum absolute atomic E-state index is 12.5. The third-order valence-electron chi connectivity index (χ3n) is 5.31. The molecule has 1 saturated heterocycles. The summed E-state index contributed by atoms with van der Waals surface area (Å²) in [5, 5.41) is 6.50. The Labute approximate surface area is 143 Å². The number of hydrogen-bond donors (Lipinski definition) is 2. The lowest BCUT2D eigenvalue weighted by molar-refractivity contribution is -0.117. The van der Waals surface area contributed by atoms with Crippen molar-refractivity contribution in [1.82, 2.24) is 10.2 Å². The van der Waals surface area contributed by atoms with E-state index in [4.69, 9.17) is 0 Å². The van der Waals surface area contributed by atoms with Crippen LogP contribution >= 0.6 is 0 Å². The molecule has 24 heavy (non-hydrogen) atoms. The Morgan fingerprint density at radius 3 is 2.62 bits per heavy atom. The molecule has 1 aliphatic heterocycles. The molecule has 0 spiro atoms. The molecule has 1 saturated carbocycles. The molecule has 2 amide bonds. The summed E-state index contributed by atoms with van der Waals surface area (Å²) < 4.78 is 0. The summed E-state index contributed by atoms with van der Waals surface area (Å²) in [6.45, 7) is 1.90.